The third-order valence-electron chi connectivity index (χ3n) is 6.45. The third kappa shape index (κ3) is 3.59. The van der Waals surface area contributed by atoms with Crippen LogP contribution in [-0.2, 0) is 11.3 Å². The summed E-state index contributed by atoms with van der Waals surface area (Å²) in [6, 6.07) is 14.2. The highest BCUT2D eigenvalue weighted by atomic mass is 16.2. The van der Waals surface area contributed by atoms with E-state index in [9.17, 15) is 9.59 Å². The van der Waals surface area contributed by atoms with Crippen LogP contribution in [0, 0.1) is 0 Å². The summed E-state index contributed by atoms with van der Waals surface area (Å²) in [5, 5.41) is 3.27. The maximum absolute atomic E-state index is 13.5. The van der Waals surface area contributed by atoms with Crippen molar-refractivity contribution in [3.8, 4) is 11.3 Å². The first-order valence-corrected chi connectivity index (χ1v) is 10.9. The minimum atomic E-state index is -0.889. The summed E-state index contributed by atoms with van der Waals surface area (Å²) < 4.78 is 2.03. The van der Waals surface area contributed by atoms with Crippen LogP contribution in [0.1, 0.15) is 62.9 Å². The van der Waals surface area contributed by atoms with Gasteiger partial charge in [-0.15, -0.1) is 0 Å². The molecular weight excluding hydrogens is 362 g/mol. The fraction of sp³-hybridized carbons (Fsp3) is 0.500. The van der Waals surface area contributed by atoms with Gasteiger partial charge in [0, 0.05) is 18.3 Å². The lowest BCUT2D eigenvalue weighted by atomic mass is 9.91. The molecule has 4 rings (SSSR count). The Balaban J connectivity index is 1.69. The highest BCUT2D eigenvalue weighted by molar-refractivity contribution is 6.00. The van der Waals surface area contributed by atoms with Crippen molar-refractivity contribution in [1.29, 1.82) is 0 Å². The van der Waals surface area contributed by atoms with Crippen molar-refractivity contribution >= 4 is 11.8 Å². The first-order chi connectivity index (χ1) is 14.0. The van der Waals surface area contributed by atoms with Crippen molar-refractivity contribution in [2.75, 3.05) is 6.54 Å². The van der Waals surface area contributed by atoms with Crippen molar-refractivity contribution in [1.82, 2.24) is 14.8 Å². The van der Waals surface area contributed by atoms with Crippen molar-refractivity contribution < 1.29 is 9.59 Å². The quantitative estimate of drug-likeness (QED) is 0.827. The molecule has 0 saturated heterocycles. The fourth-order valence-electron chi connectivity index (χ4n) is 4.80. The minimum absolute atomic E-state index is 0.0236. The van der Waals surface area contributed by atoms with Gasteiger partial charge in [0.2, 0.25) is 5.91 Å². The smallest absolute Gasteiger partial charge is 0.271 e. The molecule has 0 spiro atoms. The van der Waals surface area contributed by atoms with Gasteiger partial charge in [-0.2, -0.15) is 0 Å². The molecular formula is C24H31N3O2. The van der Waals surface area contributed by atoms with E-state index in [2.05, 4.69) is 12.2 Å². The molecule has 0 bridgehead atoms. The first-order valence-electron chi connectivity index (χ1n) is 10.9. The number of nitrogens with one attached hydrogen (secondary N) is 1. The molecule has 2 aromatic rings. The van der Waals surface area contributed by atoms with E-state index >= 15 is 0 Å². The fourth-order valence-corrected chi connectivity index (χ4v) is 4.80. The van der Waals surface area contributed by atoms with Crippen molar-refractivity contribution in [3.05, 3.63) is 48.2 Å². The Labute approximate surface area is 173 Å². The van der Waals surface area contributed by atoms with E-state index in [4.69, 9.17) is 0 Å². The number of benzene rings is 1. The number of carbonyl (C=O) groups excluding carboxylic acids is 2. The van der Waals surface area contributed by atoms with Crippen LogP contribution in [0.2, 0.25) is 0 Å². The summed E-state index contributed by atoms with van der Waals surface area (Å²) in [5.74, 6) is -0.0777. The summed E-state index contributed by atoms with van der Waals surface area (Å²) in [4.78, 5) is 28.7. The number of hydrogen-bond acceptors (Lipinski definition) is 2. The molecule has 1 atom stereocenters. The van der Waals surface area contributed by atoms with Gasteiger partial charge >= 0.3 is 0 Å². The van der Waals surface area contributed by atoms with Gasteiger partial charge in [0.1, 0.15) is 11.2 Å². The van der Waals surface area contributed by atoms with E-state index < -0.39 is 5.54 Å². The zero-order valence-electron chi connectivity index (χ0n) is 17.5. The molecule has 2 amide bonds. The van der Waals surface area contributed by atoms with Crippen molar-refractivity contribution in [3.63, 3.8) is 0 Å². The van der Waals surface area contributed by atoms with E-state index in [1.807, 2.05) is 54.0 Å². The lowest BCUT2D eigenvalue weighted by Crippen LogP contribution is -2.65. The molecule has 1 aromatic carbocycles. The standard InChI is InChI=1S/C24H31N3O2/c1-3-16-27-22(28)21-15-14-20(18-10-6-4-7-11-18)26(21)17-24(27,2)23(29)25-19-12-8-5-9-13-19/h4,6-7,10-11,14-15,19H,3,5,8-9,12-13,16-17H2,1-2H3,(H,25,29)/t24-/m0/s1. The normalized spacial score (nSPS) is 22.4. The van der Waals surface area contributed by atoms with Crippen LogP contribution in [0.25, 0.3) is 11.3 Å². The maximum Gasteiger partial charge on any atom is 0.271 e. The molecule has 1 aliphatic carbocycles. The lowest BCUT2D eigenvalue weighted by Gasteiger charge is -2.45. The average molecular weight is 394 g/mol. The molecule has 0 radical (unpaired) electrons. The number of nitrogens with zero attached hydrogens (tertiary/aromatic N) is 2. The second-order valence-electron chi connectivity index (χ2n) is 8.60. The third-order valence-corrected chi connectivity index (χ3v) is 6.45. The number of aromatic nitrogens is 1. The van der Waals surface area contributed by atoms with Crippen LogP contribution in [0.3, 0.4) is 0 Å². The Morgan fingerprint density at radius 1 is 1.07 bits per heavy atom. The molecule has 154 valence electrons. The predicted molar refractivity (Wildman–Crippen MR) is 115 cm³/mol. The highest BCUT2D eigenvalue weighted by Crippen LogP contribution is 2.33. The van der Waals surface area contributed by atoms with E-state index in [1.165, 1.54) is 19.3 Å². The van der Waals surface area contributed by atoms with Gasteiger partial charge in [-0.3, -0.25) is 9.59 Å². The molecule has 1 saturated carbocycles. The number of amides is 2. The van der Waals surface area contributed by atoms with Gasteiger partial charge in [-0.05, 0) is 43.9 Å². The van der Waals surface area contributed by atoms with Crippen LogP contribution < -0.4 is 5.32 Å². The van der Waals surface area contributed by atoms with Crippen LogP contribution >= 0.6 is 0 Å². The Morgan fingerprint density at radius 3 is 2.45 bits per heavy atom. The maximum atomic E-state index is 13.5. The van der Waals surface area contributed by atoms with Gasteiger partial charge in [-0.25, -0.2) is 0 Å². The van der Waals surface area contributed by atoms with Crippen molar-refractivity contribution in [2.45, 2.75) is 70.5 Å². The molecule has 2 aliphatic rings. The van der Waals surface area contributed by atoms with Crippen LogP contribution in [0.15, 0.2) is 42.5 Å². The van der Waals surface area contributed by atoms with E-state index in [0.29, 0.717) is 18.8 Å². The summed E-state index contributed by atoms with van der Waals surface area (Å²) >= 11 is 0. The Bertz CT molecular complexity index is 883. The number of fused-ring (bicyclic) bond motifs is 1. The average Bonchev–Trinajstić information content (AvgIpc) is 3.16. The molecule has 1 aliphatic heterocycles. The van der Waals surface area contributed by atoms with E-state index in [-0.39, 0.29) is 17.9 Å². The molecule has 1 aromatic heterocycles. The second-order valence-corrected chi connectivity index (χ2v) is 8.60. The molecule has 2 heterocycles. The molecule has 1 N–H and O–H groups in total. The molecule has 29 heavy (non-hydrogen) atoms. The van der Waals surface area contributed by atoms with E-state index in [1.54, 1.807) is 4.90 Å². The van der Waals surface area contributed by atoms with Gasteiger partial charge in [-0.1, -0.05) is 56.5 Å². The predicted octanol–water partition coefficient (Wildman–Crippen LogP) is 4.23. The summed E-state index contributed by atoms with van der Waals surface area (Å²) in [6.07, 6.45) is 6.47. The number of rotatable bonds is 5. The molecule has 0 unspecified atom stereocenters. The van der Waals surface area contributed by atoms with Gasteiger partial charge in [0.25, 0.3) is 5.91 Å². The zero-order valence-corrected chi connectivity index (χ0v) is 17.5. The topological polar surface area (TPSA) is 54.3 Å². The highest BCUT2D eigenvalue weighted by Gasteiger charge is 2.47. The van der Waals surface area contributed by atoms with Gasteiger partial charge in [0.05, 0.1) is 6.54 Å². The van der Waals surface area contributed by atoms with Crippen LogP contribution in [0.5, 0.6) is 0 Å². The molecule has 5 nitrogen and oxygen atoms in total. The van der Waals surface area contributed by atoms with Gasteiger partial charge < -0.3 is 14.8 Å². The Morgan fingerprint density at radius 2 is 1.76 bits per heavy atom. The zero-order chi connectivity index (χ0) is 20.4. The van der Waals surface area contributed by atoms with E-state index in [0.717, 1.165) is 30.5 Å². The summed E-state index contributed by atoms with van der Waals surface area (Å²) in [6.45, 7) is 5.04. The largest absolute Gasteiger partial charge is 0.351 e. The SMILES string of the molecule is CCCN1C(=O)c2ccc(-c3ccccc3)n2C[C@@]1(C)C(=O)NC1CCCCC1. The lowest BCUT2D eigenvalue weighted by molar-refractivity contribution is -0.133. The molecule has 1 fully saturated rings. The molecule has 5 heteroatoms. The first kappa shape index (κ1) is 19.7. The minimum Gasteiger partial charge on any atom is -0.351 e. The van der Waals surface area contributed by atoms with Crippen LogP contribution in [0.4, 0.5) is 0 Å². The van der Waals surface area contributed by atoms with Crippen molar-refractivity contribution in [2.24, 2.45) is 0 Å². The second kappa shape index (κ2) is 8.05. The number of carbonyl (C=O) groups is 2. The monoisotopic (exact) mass is 393 g/mol. The summed E-state index contributed by atoms with van der Waals surface area (Å²) in [5.41, 5.74) is 1.83. The van der Waals surface area contributed by atoms with Gasteiger partial charge in [0.15, 0.2) is 0 Å². The number of hydrogen-bond donors (Lipinski definition) is 1. The Hall–Kier alpha value is -2.56. The Kier molecular flexibility index (Phi) is 5.48. The van der Waals surface area contributed by atoms with Crippen LogP contribution in [-0.4, -0.2) is 39.4 Å². The summed E-state index contributed by atoms with van der Waals surface area (Å²) in [7, 11) is 0.